The zero-order valence-electron chi connectivity index (χ0n) is 30.8. The van der Waals surface area contributed by atoms with Gasteiger partial charge in [-0.2, -0.15) is 0 Å². The number of nitrogens with zero attached hydrogens (tertiary/aromatic N) is 3. The van der Waals surface area contributed by atoms with Crippen molar-refractivity contribution in [2.24, 2.45) is 0 Å². The molecule has 0 saturated carbocycles. The third kappa shape index (κ3) is 5.74. The third-order valence-electron chi connectivity index (χ3n) is 10.9. The number of hydrogen-bond acceptors (Lipinski definition) is 4. The van der Waals surface area contributed by atoms with E-state index in [1.165, 1.54) is 11.1 Å². The van der Waals surface area contributed by atoms with Crippen molar-refractivity contribution in [3.8, 4) is 67.5 Å². The van der Waals surface area contributed by atoms with Gasteiger partial charge >= 0.3 is 0 Å². The molecule has 0 bridgehead atoms. The van der Waals surface area contributed by atoms with Gasteiger partial charge in [0.15, 0.2) is 17.5 Å². The summed E-state index contributed by atoms with van der Waals surface area (Å²) in [6.07, 6.45) is 0. The van der Waals surface area contributed by atoms with Crippen molar-refractivity contribution < 1.29 is 4.42 Å². The molecule has 11 aromatic rings. The molecule has 0 amide bonds. The molecule has 0 fully saturated rings. The molecule has 4 nitrogen and oxygen atoms in total. The minimum Gasteiger partial charge on any atom is -0.455 e. The lowest BCUT2D eigenvalue weighted by Crippen LogP contribution is -2.01. The van der Waals surface area contributed by atoms with Crippen LogP contribution in [0.15, 0.2) is 205 Å². The highest BCUT2D eigenvalue weighted by Gasteiger charge is 2.22. The van der Waals surface area contributed by atoms with Crippen molar-refractivity contribution in [3.63, 3.8) is 0 Å². The van der Waals surface area contributed by atoms with Gasteiger partial charge in [-0.25, -0.2) is 15.0 Å². The van der Waals surface area contributed by atoms with E-state index in [0.717, 1.165) is 82.4 Å². The van der Waals surface area contributed by atoms with Crippen LogP contribution in [-0.2, 0) is 0 Å². The molecule has 57 heavy (non-hydrogen) atoms. The van der Waals surface area contributed by atoms with E-state index in [2.05, 4.69) is 176 Å². The first-order valence-electron chi connectivity index (χ1n) is 19.2. The number of benzene rings is 9. The molecule has 4 heteroatoms. The molecule has 0 unspecified atom stereocenters. The second-order valence-electron chi connectivity index (χ2n) is 14.4. The summed E-state index contributed by atoms with van der Waals surface area (Å²) in [6.45, 7) is 0. The summed E-state index contributed by atoms with van der Waals surface area (Å²) < 4.78 is 6.90. The molecule has 0 aliphatic heterocycles. The largest absolute Gasteiger partial charge is 0.455 e. The molecule has 266 valence electrons. The second kappa shape index (κ2) is 13.6. The van der Waals surface area contributed by atoms with E-state index in [4.69, 9.17) is 19.4 Å². The Kier molecular flexibility index (Phi) is 7.78. The van der Waals surface area contributed by atoms with Gasteiger partial charge in [0.25, 0.3) is 0 Å². The van der Waals surface area contributed by atoms with E-state index in [-0.39, 0.29) is 0 Å². The molecule has 2 heterocycles. The summed E-state index contributed by atoms with van der Waals surface area (Å²) in [5, 5.41) is 6.48. The van der Waals surface area contributed by atoms with Crippen LogP contribution in [0.2, 0.25) is 0 Å². The number of aromatic nitrogens is 3. The molecular formula is C53H33N3O. The first-order chi connectivity index (χ1) is 28.2. The normalized spacial score (nSPS) is 11.5. The van der Waals surface area contributed by atoms with Gasteiger partial charge in [-0.1, -0.05) is 182 Å². The Labute approximate surface area is 329 Å². The molecule has 0 spiro atoms. The Hall–Kier alpha value is -7.69. The van der Waals surface area contributed by atoms with Gasteiger partial charge in [-0.3, -0.25) is 0 Å². The summed E-state index contributed by atoms with van der Waals surface area (Å²) in [4.78, 5) is 15.8. The SMILES string of the molecule is c1ccc(-c2ccc(-c3cc4ccccc4c4c3oc3cccc(-c5nc(-c6cccc(-c7ccccc7)c6)nc(-c6cccc7ccccc67)n5)c34)cc2)cc1. The molecule has 11 rings (SSSR count). The maximum absolute atomic E-state index is 6.90. The van der Waals surface area contributed by atoms with Crippen molar-refractivity contribution in [2.45, 2.75) is 0 Å². The smallest absolute Gasteiger partial charge is 0.164 e. The van der Waals surface area contributed by atoms with E-state index in [1.54, 1.807) is 0 Å². The molecule has 0 radical (unpaired) electrons. The fourth-order valence-electron chi connectivity index (χ4n) is 8.18. The number of fused-ring (bicyclic) bond motifs is 6. The molecule has 0 N–H and O–H groups in total. The average Bonchev–Trinajstić information content (AvgIpc) is 3.70. The van der Waals surface area contributed by atoms with Crippen molar-refractivity contribution in [1.82, 2.24) is 15.0 Å². The highest BCUT2D eigenvalue weighted by Crippen LogP contribution is 2.44. The van der Waals surface area contributed by atoms with Crippen LogP contribution in [0, 0.1) is 0 Å². The third-order valence-corrected chi connectivity index (χ3v) is 10.9. The van der Waals surface area contributed by atoms with Gasteiger partial charge in [0.2, 0.25) is 0 Å². The maximum atomic E-state index is 6.90. The van der Waals surface area contributed by atoms with Crippen molar-refractivity contribution in [1.29, 1.82) is 0 Å². The minimum atomic E-state index is 0.586. The van der Waals surface area contributed by atoms with E-state index in [0.29, 0.717) is 17.5 Å². The first kappa shape index (κ1) is 32.7. The van der Waals surface area contributed by atoms with Crippen LogP contribution in [0.1, 0.15) is 0 Å². The van der Waals surface area contributed by atoms with Gasteiger partial charge in [0.1, 0.15) is 11.2 Å². The minimum absolute atomic E-state index is 0.586. The molecule has 2 aromatic heterocycles. The van der Waals surface area contributed by atoms with Gasteiger partial charge in [0, 0.05) is 33.0 Å². The van der Waals surface area contributed by atoms with Crippen LogP contribution in [0.5, 0.6) is 0 Å². The summed E-state index contributed by atoms with van der Waals surface area (Å²) in [5.74, 6) is 1.81. The summed E-state index contributed by atoms with van der Waals surface area (Å²) >= 11 is 0. The standard InChI is InChI=1S/C53H33N3O/c1-3-14-34(15-4-1)36-28-30-38(31-29-36)46-33-40-19-8-10-24-43(40)49-48-45(26-13-27-47(48)57-50(46)49)53-55-51(41-22-11-21-39(32-41)35-16-5-2-6-17-35)54-52(56-53)44-25-12-20-37-18-7-9-23-42(37)44/h1-33H. The van der Waals surface area contributed by atoms with Crippen LogP contribution in [0.4, 0.5) is 0 Å². The fourth-order valence-corrected chi connectivity index (χ4v) is 8.18. The van der Waals surface area contributed by atoms with E-state index in [1.807, 2.05) is 24.3 Å². The van der Waals surface area contributed by atoms with E-state index in [9.17, 15) is 0 Å². The van der Waals surface area contributed by atoms with Crippen molar-refractivity contribution >= 4 is 43.5 Å². The van der Waals surface area contributed by atoms with Crippen molar-refractivity contribution in [3.05, 3.63) is 200 Å². The fraction of sp³-hybridized carbons (Fsp3) is 0. The predicted molar refractivity (Wildman–Crippen MR) is 235 cm³/mol. The lowest BCUT2D eigenvalue weighted by atomic mass is 9.94. The van der Waals surface area contributed by atoms with Gasteiger partial charge in [-0.15, -0.1) is 0 Å². The van der Waals surface area contributed by atoms with E-state index >= 15 is 0 Å². The van der Waals surface area contributed by atoms with Gasteiger partial charge < -0.3 is 4.42 Å². The Balaban J connectivity index is 1.16. The molecule has 0 atom stereocenters. The molecular weight excluding hydrogens is 695 g/mol. The van der Waals surface area contributed by atoms with Crippen LogP contribution in [0.3, 0.4) is 0 Å². The average molecular weight is 728 g/mol. The predicted octanol–water partition coefficient (Wildman–Crippen LogP) is 14.1. The summed E-state index contributed by atoms with van der Waals surface area (Å²) in [7, 11) is 0. The van der Waals surface area contributed by atoms with Gasteiger partial charge in [-0.05, 0) is 67.6 Å². The quantitative estimate of drug-likeness (QED) is 0.171. The van der Waals surface area contributed by atoms with Crippen LogP contribution in [-0.4, -0.2) is 15.0 Å². The maximum Gasteiger partial charge on any atom is 0.164 e. The zero-order chi connectivity index (χ0) is 37.7. The van der Waals surface area contributed by atoms with Crippen LogP contribution >= 0.6 is 0 Å². The Morgan fingerprint density at radius 3 is 1.61 bits per heavy atom. The lowest BCUT2D eigenvalue weighted by Gasteiger charge is -2.12. The summed E-state index contributed by atoms with van der Waals surface area (Å²) in [6, 6.07) is 69.8. The molecule has 0 aliphatic carbocycles. The Morgan fingerprint density at radius 2 is 0.825 bits per heavy atom. The molecule has 0 aliphatic rings. The first-order valence-corrected chi connectivity index (χ1v) is 19.2. The molecule has 0 saturated heterocycles. The topological polar surface area (TPSA) is 51.8 Å². The van der Waals surface area contributed by atoms with E-state index < -0.39 is 0 Å². The number of furan rings is 1. The van der Waals surface area contributed by atoms with Crippen molar-refractivity contribution in [2.75, 3.05) is 0 Å². The monoisotopic (exact) mass is 727 g/mol. The zero-order valence-corrected chi connectivity index (χ0v) is 30.8. The second-order valence-corrected chi connectivity index (χ2v) is 14.4. The Bertz CT molecular complexity index is 3270. The highest BCUT2D eigenvalue weighted by molar-refractivity contribution is 6.25. The highest BCUT2D eigenvalue weighted by atomic mass is 16.3. The van der Waals surface area contributed by atoms with Gasteiger partial charge in [0.05, 0.1) is 0 Å². The van der Waals surface area contributed by atoms with Crippen LogP contribution in [0.25, 0.3) is 111 Å². The number of rotatable bonds is 6. The number of hydrogen-bond donors (Lipinski definition) is 0. The Morgan fingerprint density at radius 1 is 0.298 bits per heavy atom. The van der Waals surface area contributed by atoms with Crippen LogP contribution < -0.4 is 0 Å². The summed E-state index contributed by atoms with van der Waals surface area (Å²) in [5.41, 5.74) is 11.1. The molecule has 9 aromatic carbocycles. The lowest BCUT2D eigenvalue weighted by molar-refractivity contribution is 0.670.